The zero-order valence-corrected chi connectivity index (χ0v) is 14.4. The average molecular weight is 451 g/mol. The summed E-state index contributed by atoms with van der Waals surface area (Å²) in [6.45, 7) is 1.82. The van der Waals surface area contributed by atoms with E-state index in [1.54, 1.807) is 6.07 Å². The van der Waals surface area contributed by atoms with Gasteiger partial charge in [0, 0.05) is 19.9 Å². The summed E-state index contributed by atoms with van der Waals surface area (Å²) >= 11 is 11.7. The number of hydrogen-bond donors (Lipinski definition) is 1. The molecular formula is C13H9BrClIN2O. The van der Waals surface area contributed by atoms with Crippen LogP contribution >= 0.6 is 50.1 Å². The van der Waals surface area contributed by atoms with E-state index < -0.39 is 0 Å². The van der Waals surface area contributed by atoms with Crippen molar-refractivity contribution in [3.63, 3.8) is 0 Å². The van der Waals surface area contributed by atoms with Crippen LogP contribution in [0.2, 0.25) is 5.02 Å². The van der Waals surface area contributed by atoms with E-state index in [-0.39, 0.29) is 5.91 Å². The highest BCUT2D eigenvalue weighted by Crippen LogP contribution is 2.25. The summed E-state index contributed by atoms with van der Waals surface area (Å²) in [6, 6.07) is 7.33. The Morgan fingerprint density at radius 3 is 2.79 bits per heavy atom. The second kappa shape index (κ2) is 6.19. The molecule has 1 N–H and O–H groups in total. The van der Waals surface area contributed by atoms with Gasteiger partial charge in [-0.15, -0.1) is 0 Å². The SMILES string of the molecule is Cc1cc(Cl)c(C(=O)Nc2ccc(I)cc2Br)cn1. The van der Waals surface area contributed by atoms with Crippen LogP contribution in [0.25, 0.3) is 0 Å². The number of carbonyl (C=O) groups excluding carboxylic acids is 1. The zero-order chi connectivity index (χ0) is 14.0. The van der Waals surface area contributed by atoms with Crippen LogP contribution in [0.15, 0.2) is 34.9 Å². The molecule has 0 bridgehead atoms. The molecule has 0 aliphatic rings. The highest BCUT2D eigenvalue weighted by molar-refractivity contribution is 14.1. The molecule has 0 atom stereocenters. The highest BCUT2D eigenvalue weighted by atomic mass is 127. The summed E-state index contributed by atoms with van der Waals surface area (Å²) in [6.07, 6.45) is 1.48. The van der Waals surface area contributed by atoms with Gasteiger partial charge in [-0.2, -0.15) is 0 Å². The summed E-state index contributed by atoms with van der Waals surface area (Å²) in [5.41, 5.74) is 1.83. The smallest absolute Gasteiger partial charge is 0.258 e. The number of carbonyl (C=O) groups is 1. The van der Waals surface area contributed by atoms with Gasteiger partial charge >= 0.3 is 0 Å². The van der Waals surface area contributed by atoms with Gasteiger partial charge in [-0.25, -0.2) is 0 Å². The van der Waals surface area contributed by atoms with E-state index in [2.05, 4.69) is 48.8 Å². The largest absolute Gasteiger partial charge is 0.321 e. The summed E-state index contributed by atoms with van der Waals surface area (Å²) < 4.78 is 1.90. The molecule has 0 saturated carbocycles. The molecule has 19 heavy (non-hydrogen) atoms. The Kier molecular flexibility index (Phi) is 4.81. The van der Waals surface area contributed by atoms with Gasteiger partial charge in [0.05, 0.1) is 16.3 Å². The molecule has 98 valence electrons. The maximum Gasteiger partial charge on any atom is 0.258 e. The van der Waals surface area contributed by atoms with Crippen LogP contribution in [0.3, 0.4) is 0 Å². The van der Waals surface area contributed by atoms with Crippen molar-refractivity contribution in [3.05, 3.63) is 54.8 Å². The van der Waals surface area contributed by atoms with Gasteiger partial charge in [0.2, 0.25) is 0 Å². The molecule has 1 amide bonds. The van der Waals surface area contributed by atoms with Crippen LogP contribution in [-0.4, -0.2) is 10.9 Å². The summed E-state index contributed by atoms with van der Waals surface area (Å²) in [4.78, 5) is 16.2. The molecule has 0 saturated heterocycles. The van der Waals surface area contributed by atoms with E-state index in [1.165, 1.54) is 6.20 Å². The van der Waals surface area contributed by atoms with Crippen LogP contribution in [0, 0.1) is 10.5 Å². The molecule has 6 heteroatoms. The van der Waals surface area contributed by atoms with Crippen LogP contribution in [0.5, 0.6) is 0 Å². The first-order chi connectivity index (χ1) is 8.97. The quantitative estimate of drug-likeness (QED) is 0.675. The Bertz CT molecular complexity index is 649. The molecule has 1 aromatic heterocycles. The number of aryl methyl sites for hydroxylation is 1. The number of halogens is 3. The predicted molar refractivity (Wildman–Crippen MR) is 88.8 cm³/mol. The van der Waals surface area contributed by atoms with Crippen molar-refractivity contribution in [3.8, 4) is 0 Å². The first-order valence-corrected chi connectivity index (χ1v) is 7.61. The third-order valence-corrected chi connectivity index (χ3v) is 4.05. The number of hydrogen-bond acceptors (Lipinski definition) is 2. The number of rotatable bonds is 2. The second-order valence-corrected chi connectivity index (χ2v) is 6.39. The Labute approximate surface area is 138 Å². The van der Waals surface area contributed by atoms with Gasteiger partial charge in [-0.05, 0) is 69.7 Å². The topological polar surface area (TPSA) is 42.0 Å². The lowest BCUT2D eigenvalue weighted by Gasteiger charge is -2.09. The van der Waals surface area contributed by atoms with Gasteiger partial charge < -0.3 is 5.32 Å². The van der Waals surface area contributed by atoms with Crippen LogP contribution < -0.4 is 5.32 Å². The molecular weight excluding hydrogens is 442 g/mol. The van der Waals surface area contributed by atoms with E-state index in [0.717, 1.165) is 13.7 Å². The number of pyridine rings is 1. The van der Waals surface area contributed by atoms with E-state index >= 15 is 0 Å². The lowest BCUT2D eigenvalue weighted by Crippen LogP contribution is -2.13. The molecule has 0 radical (unpaired) electrons. The van der Waals surface area contributed by atoms with Crippen molar-refractivity contribution in [2.75, 3.05) is 5.32 Å². The Morgan fingerprint density at radius 1 is 1.42 bits per heavy atom. The Hall–Kier alpha value is -0.660. The van der Waals surface area contributed by atoms with Crippen molar-refractivity contribution in [1.82, 2.24) is 4.98 Å². The molecule has 0 aliphatic heterocycles. The first-order valence-electron chi connectivity index (χ1n) is 5.36. The number of anilines is 1. The average Bonchev–Trinajstić information content (AvgIpc) is 2.32. The fraction of sp³-hybridized carbons (Fsp3) is 0.0769. The van der Waals surface area contributed by atoms with Gasteiger partial charge in [-0.1, -0.05) is 11.6 Å². The summed E-state index contributed by atoms with van der Waals surface area (Å²) in [7, 11) is 0. The first kappa shape index (κ1) is 14.7. The third-order valence-electron chi connectivity index (χ3n) is 2.41. The molecule has 0 fully saturated rings. The van der Waals surface area contributed by atoms with Crippen molar-refractivity contribution in [2.24, 2.45) is 0 Å². The number of nitrogens with one attached hydrogen (secondary N) is 1. The van der Waals surface area contributed by atoms with Crippen molar-refractivity contribution < 1.29 is 4.79 Å². The number of nitrogens with zero attached hydrogens (tertiary/aromatic N) is 1. The van der Waals surface area contributed by atoms with Crippen LogP contribution in [-0.2, 0) is 0 Å². The van der Waals surface area contributed by atoms with Crippen molar-refractivity contribution >= 4 is 61.7 Å². The van der Waals surface area contributed by atoms with Crippen molar-refractivity contribution in [1.29, 1.82) is 0 Å². The molecule has 0 aliphatic carbocycles. The predicted octanol–water partition coefficient (Wildman–Crippen LogP) is 4.66. The number of amides is 1. The Balaban J connectivity index is 2.25. The van der Waals surface area contributed by atoms with Crippen molar-refractivity contribution in [2.45, 2.75) is 6.92 Å². The molecule has 2 aromatic rings. The summed E-state index contributed by atoms with van der Waals surface area (Å²) in [5, 5.41) is 3.20. The minimum absolute atomic E-state index is 0.278. The number of aromatic nitrogens is 1. The third kappa shape index (κ3) is 3.67. The van der Waals surface area contributed by atoms with Gasteiger partial charge in [-0.3, -0.25) is 9.78 Å². The molecule has 1 aromatic carbocycles. The lowest BCUT2D eigenvalue weighted by molar-refractivity contribution is 0.102. The van der Waals surface area contributed by atoms with E-state index in [9.17, 15) is 4.79 Å². The maximum absolute atomic E-state index is 12.1. The molecule has 3 nitrogen and oxygen atoms in total. The van der Waals surface area contributed by atoms with Gasteiger partial charge in [0.1, 0.15) is 0 Å². The van der Waals surface area contributed by atoms with E-state index in [1.807, 2.05) is 25.1 Å². The highest BCUT2D eigenvalue weighted by Gasteiger charge is 2.12. The van der Waals surface area contributed by atoms with Gasteiger partial charge in [0.25, 0.3) is 5.91 Å². The maximum atomic E-state index is 12.1. The molecule has 2 rings (SSSR count). The minimum Gasteiger partial charge on any atom is -0.321 e. The van der Waals surface area contributed by atoms with Crippen LogP contribution in [0.1, 0.15) is 16.1 Å². The van der Waals surface area contributed by atoms with Crippen LogP contribution in [0.4, 0.5) is 5.69 Å². The molecule has 0 unspecified atom stereocenters. The summed E-state index contributed by atoms with van der Waals surface area (Å²) in [5.74, 6) is -0.278. The molecule has 1 heterocycles. The monoisotopic (exact) mass is 450 g/mol. The van der Waals surface area contributed by atoms with Gasteiger partial charge in [0.15, 0.2) is 0 Å². The second-order valence-electron chi connectivity index (χ2n) is 3.88. The lowest BCUT2D eigenvalue weighted by atomic mass is 10.2. The normalized spacial score (nSPS) is 10.3. The zero-order valence-electron chi connectivity index (χ0n) is 9.88. The van der Waals surface area contributed by atoms with E-state index in [4.69, 9.17) is 11.6 Å². The fourth-order valence-corrected chi connectivity index (χ4v) is 3.16. The number of benzene rings is 1. The fourth-order valence-electron chi connectivity index (χ4n) is 1.47. The Morgan fingerprint density at radius 2 is 2.16 bits per heavy atom. The standard InChI is InChI=1S/C13H9BrClIN2O/c1-7-4-11(15)9(6-17-7)13(19)18-12-3-2-8(16)5-10(12)14/h2-6H,1H3,(H,18,19). The minimum atomic E-state index is -0.278. The molecule has 0 spiro atoms. The van der Waals surface area contributed by atoms with E-state index in [0.29, 0.717) is 16.3 Å².